The lowest BCUT2D eigenvalue weighted by Gasteiger charge is -2.36. The van der Waals surface area contributed by atoms with Crippen molar-refractivity contribution in [2.45, 2.75) is 57.0 Å². The second kappa shape index (κ2) is 11.2. The molecule has 3 heterocycles. The number of fused-ring (bicyclic) bond motifs is 1. The van der Waals surface area contributed by atoms with Gasteiger partial charge in [-0.3, -0.25) is 18.7 Å². The fourth-order valence-electron chi connectivity index (χ4n) is 4.60. The lowest BCUT2D eigenvalue weighted by Crippen LogP contribution is -2.48. The molecule has 1 aliphatic heterocycles. The number of benzene rings is 1. The summed E-state index contributed by atoms with van der Waals surface area (Å²) in [5, 5.41) is 18.9. The lowest BCUT2D eigenvalue weighted by atomic mass is 9.92. The summed E-state index contributed by atoms with van der Waals surface area (Å²) in [7, 11) is 0. The Morgan fingerprint density at radius 1 is 1.05 bits per heavy atom. The normalized spacial score (nSPS) is 15.8. The molecule has 0 radical (unpaired) electrons. The van der Waals surface area contributed by atoms with Gasteiger partial charge in [0, 0.05) is 26.2 Å². The largest absolute Gasteiger partial charge is 0.393 e. The highest BCUT2D eigenvalue weighted by Gasteiger charge is 2.37. The Hall–Kier alpha value is -3.10. The first-order valence-corrected chi connectivity index (χ1v) is 13.0. The number of carbonyl (C=O) groups is 1. The van der Waals surface area contributed by atoms with Crippen LogP contribution in [-0.2, 0) is 19.5 Å². The molecule has 1 fully saturated rings. The Kier molecular flexibility index (Phi) is 8.28. The van der Waals surface area contributed by atoms with E-state index < -0.39 is 75.6 Å². The van der Waals surface area contributed by atoms with Crippen molar-refractivity contribution in [1.29, 1.82) is 0 Å². The van der Waals surface area contributed by atoms with E-state index >= 15 is 0 Å². The van der Waals surface area contributed by atoms with Crippen LogP contribution in [0.15, 0.2) is 39.9 Å². The monoisotopic (exact) mass is 575 g/mol. The summed E-state index contributed by atoms with van der Waals surface area (Å²) in [5.41, 5.74) is -3.82. The van der Waals surface area contributed by atoms with E-state index in [0.29, 0.717) is 26.0 Å². The molecule has 2 N–H and O–H groups in total. The van der Waals surface area contributed by atoms with Gasteiger partial charge in [-0.25, -0.2) is 13.6 Å². The molecule has 1 amide bonds. The van der Waals surface area contributed by atoms with Crippen molar-refractivity contribution in [2.24, 2.45) is 0 Å². The average molecular weight is 576 g/mol. The molecule has 0 spiro atoms. The second-order valence-corrected chi connectivity index (χ2v) is 10.5. The van der Waals surface area contributed by atoms with Crippen molar-refractivity contribution in [3.63, 3.8) is 0 Å². The number of aliphatic hydroxyl groups excluding tert-OH is 1. The molecule has 0 bridgehead atoms. The van der Waals surface area contributed by atoms with Crippen molar-refractivity contribution in [1.82, 2.24) is 14.0 Å². The molecule has 2 aromatic heterocycles. The predicted molar refractivity (Wildman–Crippen MR) is 133 cm³/mol. The fourth-order valence-corrected chi connectivity index (χ4v) is 5.89. The summed E-state index contributed by atoms with van der Waals surface area (Å²) in [6, 6.07) is 8.62. The van der Waals surface area contributed by atoms with Crippen LogP contribution in [0.4, 0.5) is 22.0 Å². The summed E-state index contributed by atoms with van der Waals surface area (Å²) in [6.45, 7) is -1.88. The first-order valence-electron chi connectivity index (χ1n) is 12.2. The van der Waals surface area contributed by atoms with Crippen LogP contribution < -0.4 is 11.2 Å². The van der Waals surface area contributed by atoms with E-state index in [1.165, 1.54) is 4.90 Å². The van der Waals surface area contributed by atoms with Gasteiger partial charge in [0.15, 0.2) is 0 Å². The number of nitrogens with zero attached hydrogens (tertiary/aromatic N) is 3. The van der Waals surface area contributed by atoms with Crippen molar-refractivity contribution in [2.75, 3.05) is 19.7 Å². The zero-order valence-corrected chi connectivity index (χ0v) is 21.4. The maximum Gasteiger partial charge on any atom is 0.390 e. The summed E-state index contributed by atoms with van der Waals surface area (Å²) < 4.78 is 69.4. The van der Waals surface area contributed by atoms with Crippen LogP contribution in [0.3, 0.4) is 0 Å². The van der Waals surface area contributed by atoms with Gasteiger partial charge >= 0.3 is 11.9 Å². The van der Waals surface area contributed by atoms with Gasteiger partial charge in [0.05, 0.1) is 29.6 Å². The highest BCUT2D eigenvalue weighted by Crippen LogP contribution is 2.37. The number of hydrogen-bond donors (Lipinski definition) is 2. The molecule has 1 aliphatic rings. The number of aryl methyl sites for hydroxylation is 2. The first kappa shape index (κ1) is 28.9. The highest BCUT2D eigenvalue weighted by atomic mass is 32.1. The molecule has 39 heavy (non-hydrogen) atoms. The third-order valence-corrected chi connectivity index (χ3v) is 8.08. The molecular formula is C25H26F5N3O5S. The topological polar surface area (TPSA) is 105 Å². The molecule has 8 nitrogen and oxygen atoms in total. The van der Waals surface area contributed by atoms with Crippen molar-refractivity contribution >= 4 is 27.5 Å². The quantitative estimate of drug-likeness (QED) is 0.401. The highest BCUT2D eigenvalue weighted by molar-refractivity contribution is 7.20. The van der Waals surface area contributed by atoms with E-state index in [1.807, 2.05) is 0 Å². The molecule has 0 saturated carbocycles. The minimum atomic E-state index is -4.67. The third-order valence-electron chi connectivity index (χ3n) is 6.87. The van der Waals surface area contributed by atoms with Gasteiger partial charge in [0.1, 0.15) is 9.71 Å². The Morgan fingerprint density at radius 3 is 2.26 bits per heavy atom. The van der Waals surface area contributed by atoms with Crippen LogP contribution in [0.2, 0.25) is 0 Å². The van der Waals surface area contributed by atoms with E-state index in [-0.39, 0.29) is 38.9 Å². The number of halogens is 5. The number of likely N-dealkylation sites (tertiary alicyclic amines) is 1. The average Bonchev–Trinajstić information content (AvgIpc) is 3.29. The van der Waals surface area contributed by atoms with E-state index in [9.17, 15) is 46.5 Å². The van der Waals surface area contributed by atoms with Crippen LogP contribution in [0.25, 0.3) is 10.2 Å². The van der Waals surface area contributed by atoms with Crippen LogP contribution in [0.1, 0.15) is 46.5 Å². The lowest BCUT2D eigenvalue weighted by molar-refractivity contribution is -0.136. The number of aromatic nitrogens is 2. The summed E-state index contributed by atoms with van der Waals surface area (Å²) in [4.78, 5) is 40.1. The van der Waals surface area contributed by atoms with Crippen LogP contribution in [-0.4, -0.2) is 61.6 Å². The van der Waals surface area contributed by atoms with Gasteiger partial charge in [-0.05, 0) is 24.8 Å². The Morgan fingerprint density at radius 2 is 1.69 bits per heavy atom. The van der Waals surface area contributed by atoms with Crippen LogP contribution in [0.5, 0.6) is 0 Å². The summed E-state index contributed by atoms with van der Waals surface area (Å²) in [5.74, 6) is -0.892. The predicted octanol–water partition coefficient (Wildman–Crippen LogP) is 3.32. The van der Waals surface area contributed by atoms with E-state index in [2.05, 4.69) is 0 Å². The molecule has 1 saturated heterocycles. The molecule has 1 aromatic carbocycles. The molecule has 0 atom stereocenters. The fraction of sp³-hybridized carbons (Fsp3) is 0.480. The minimum absolute atomic E-state index is 0.0211. The summed E-state index contributed by atoms with van der Waals surface area (Å²) in [6.07, 6.45) is -9.35. The zero-order valence-electron chi connectivity index (χ0n) is 20.6. The SMILES string of the molecule is O=C(c1sc2c(c1C(F)F)c(=O)n(CCc1ccccc1)c(=O)n2CCC(F)(F)F)N1CCC(O)(CO)CC1. The standard InChI is InChI=1S/C25H26F5N3O5S/c26-19(27)16-17-20(35)32(10-6-15-4-2-1-3-5-15)23(37)33(13-9-25(28,29)30)22(17)39-18(16)21(36)31-11-7-24(38,14-34)8-12-31/h1-5,19,34,38H,6-14H2. The molecule has 3 aromatic rings. The molecule has 14 heteroatoms. The maximum absolute atomic E-state index is 14.4. The smallest absolute Gasteiger partial charge is 0.390 e. The van der Waals surface area contributed by atoms with Crippen molar-refractivity contribution in [3.05, 3.63) is 67.2 Å². The number of aliphatic hydroxyl groups is 2. The number of alkyl halides is 5. The molecule has 4 rings (SSSR count). The number of piperidine rings is 1. The maximum atomic E-state index is 14.4. The van der Waals surface area contributed by atoms with E-state index in [4.69, 9.17) is 0 Å². The summed E-state index contributed by atoms with van der Waals surface area (Å²) >= 11 is 0.388. The van der Waals surface area contributed by atoms with Crippen molar-refractivity contribution < 1.29 is 37.0 Å². The zero-order chi connectivity index (χ0) is 28.5. The molecule has 212 valence electrons. The number of amides is 1. The third kappa shape index (κ3) is 6.07. The number of thiophene rings is 1. The van der Waals surface area contributed by atoms with E-state index in [1.54, 1.807) is 30.3 Å². The number of rotatable bonds is 8. The Bertz CT molecular complexity index is 1460. The first-order chi connectivity index (χ1) is 18.3. The number of carbonyl (C=O) groups excluding carboxylic acids is 1. The Labute approximate surface area is 222 Å². The second-order valence-electron chi connectivity index (χ2n) is 9.49. The van der Waals surface area contributed by atoms with Gasteiger partial charge in [-0.1, -0.05) is 30.3 Å². The molecular weight excluding hydrogens is 549 g/mol. The van der Waals surface area contributed by atoms with Gasteiger partial charge in [0.25, 0.3) is 17.9 Å². The molecule has 0 unspecified atom stereocenters. The van der Waals surface area contributed by atoms with E-state index in [0.717, 1.165) is 0 Å². The Balaban J connectivity index is 1.85. The van der Waals surface area contributed by atoms with Crippen LogP contribution in [0, 0.1) is 0 Å². The van der Waals surface area contributed by atoms with Gasteiger partial charge in [0.2, 0.25) is 0 Å². The minimum Gasteiger partial charge on any atom is -0.393 e. The molecule has 0 aliphatic carbocycles. The van der Waals surface area contributed by atoms with Gasteiger partial charge in [-0.2, -0.15) is 13.2 Å². The number of hydrogen-bond acceptors (Lipinski definition) is 6. The van der Waals surface area contributed by atoms with Gasteiger partial charge in [-0.15, -0.1) is 11.3 Å². The van der Waals surface area contributed by atoms with Crippen molar-refractivity contribution in [3.8, 4) is 0 Å². The van der Waals surface area contributed by atoms with Gasteiger partial charge < -0.3 is 15.1 Å². The van der Waals surface area contributed by atoms with Crippen LogP contribution >= 0.6 is 11.3 Å².